The maximum atomic E-state index is 13.8. The Balaban J connectivity index is 2.64. The molecule has 0 aliphatic heterocycles. The Kier molecular flexibility index (Phi) is 3.41. The predicted octanol–water partition coefficient (Wildman–Crippen LogP) is 3.91. The van der Waals surface area contributed by atoms with Gasteiger partial charge in [0.05, 0.1) is 5.69 Å². The van der Waals surface area contributed by atoms with E-state index < -0.39 is 11.8 Å². The van der Waals surface area contributed by atoms with Crippen LogP contribution in [-0.2, 0) is 0 Å². The molecule has 0 saturated heterocycles. The molecular weight excluding hydrogens is 321 g/mol. The van der Waals surface area contributed by atoms with Gasteiger partial charge in [0.15, 0.2) is 0 Å². The van der Waals surface area contributed by atoms with Crippen molar-refractivity contribution in [2.45, 2.75) is 6.92 Å². The average molecular weight is 330 g/mol. The Bertz CT molecular complexity index is 639. The number of rotatable bonds is 2. The van der Waals surface area contributed by atoms with Crippen LogP contribution in [0.25, 0.3) is 10.4 Å². The van der Waals surface area contributed by atoms with Crippen molar-refractivity contribution in [3.8, 4) is 10.4 Å². The summed E-state index contributed by atoms with van der Waals surface area (Å²) in [5, 5.41) is 8.99. The lowest BCUT2D eigenvalue weighted by Crippen LogP contribution is -1.97. The number of nitrogens with two attached hydrogens (primary N) is 1. The maximum absolute atomic E-state index is 13.8. The third-order valence-electron chi connectivity index (χ3n) is 2.56. The van der Waals surface area contributed by atoms with Crippen LogP contribution in [0, 0.1) is 12.7 Å². The van der Waals surface area contributed by atoms with E-state index in [9.17, 15) is 9.18 Å². The van der Waals surface area contributed by atoms with Gasteiger partial charge in [-0.15, -0.1) is 11.3 Å². The summed E-state index contributed by atoms with van der Waals surface area (Å²) in [6.45, 7) is 1.69. The Hall–Kier alpha value is -1.40. The largest absolute Gasteiger partial charge is 0.477 e. The van der Waals surface area contributed by atoms with Crippen molar-refractivity contribution in [1.29, 1.82) is 0 Å². The van der Waals surface area contributed by atoms with E-state index in [-0.39, 0.29) is 10.6 Å². The minimum atomic E-state index is -1.09. The van der Waals surface area contributed by atoms with Crippen molar-refractivity contribution in [3.63, 3.8) is 0 Å². The molecule has 2 aromatic rings. The van der Waals surface area contributed by atoms with Gasteiger partial charge in [0.2, 0.25) is 0 Å². The Morgan fingerprint density at radius 3 is 2.67 bits per heavy atom. The zero-order valence-corrected chi connectivity index (χ0v) is 11.7. The van der Waals surface area contributed by atoms with E-state index in [1.54, 1.807) is 19.1 Å². The minimum absolute atomic E-state index is 0.0461. The number of halogens is 2. The molecule has 2 rings (SSSR count). The van der Waals surface area contributed by atoms with Gasteiger partial charge in [0.1, 0.15) is 10.7 Å². The number of thiophene rings is 1. The normalized spacial score (nSPS) is 10.6. The summed E-state index contributed by atoms with van der Waals surface area (Å²) in [6.07, 6.45) is 0. The molecule has 0 radical (unpaired) electrons. The standard InChI is InChI=1S/C12H9BrFNO2S/c1-5-9(15)11(12(16)17)18-10(5)7-3-2-6(13)4-8(7)14/h2-4H,15H2,1H3,(H,16,17). The summed E-state index contributed by atoms with van der Waals surface area (Å²) in [6, 6.07) is 4.64. The average Bonchev–Trinajstić information content (AvgIpc) is 2.57. The summed E-state index contributed by atoms with van der Waals surface area (Å²) >= 11 is 4.16. The summed E-state index contributed by atoms with van der Waals surface area (Å²) in [4.78, 5) is 11.6. The van der Waals surface area contributed by atoms with E-state index in [1.807, 2.05) is 0 Å². The van der Waals surface area contributed by atoms with Crippen molar-refractivity contribution < 1.29 is 14.3 Å². The van der Waals surface area contributed by atoms with E-state index in [0.29, 0.717) is 20.5 Å². The van der Waals surface area contributed by atoms with Gasteiger partial charge in [-0.25, -0.2) is 9.18 Å². The second kappa shape index (κ2) is 4.70. The molecule has 6 heteroatoms. The Morgan fingerprint density at radius 2 is 2.17 bits per heavy atom. The Labute approximate surface area is 115 Å². The van der Waals surface area contributed by atoms with Crippen molar-refractivity contribution in [3.05, 3.63) is 38.9 Å². The van der Waals surface area contributed by atoms with E-state index in [2.05, 4.69) is 15.9 Å². The fourth-order valence-corrected chi connectivity index (χ4v) is 3.04. The van der Waals surface area contributed by atoms with Gasteiger partial charge < -0.3 is 10.8 Å². The lowest BCUT2D eigenvalue weighted by molar-refractivity contribution is 0.0703. The first-order valence-electron chi connectivity index (χ1n) is 4.99. The van der Waals surface area contributed by atoms with Crippen LogP contribution in [0.3, 0.4) is 0 Å². The number of carbonyl (C=O) groups is 1. The molecule has 18 heavy (non-hydrogen) atoms. The number of carboxylic acid groups (broad SMARTS) is 1. The highest BCUT2D eigenvalue weighted by atomic mass is 79.9. The molecule has 3 N–H and O–H groups in total. The van der Waals surface area contributed by atoms with Gasteiger partial charge in [-0.3, -0.25) is 0 Å². The van der Waals surface area contributed by atoms with Crippen LogP contribution in [0.1, 0.15) is 15.2 Å². The van der Waals surface area contributed by atoms with Crippen LogP contribution >= 0.6 is 27.3 Å². The molecule has 0 unspecified atom stereocenters. The number of aromatic carboxylic acids is 1. The van der Waals surface area contributed by atoms with Gasteiger partial charge >= 0.3 is 5.97 Å². The van der Waals surface area contributed by atoms with Gasteiger partial charge in [-0.1, -0.05) is 15.9 Å². The summed E-state index contributed by atoms with van der Waals surface area (Å²) in [5.41, 5.74) is 6.88. The van der Waals surface area contributed by atoms with Crippen molar-refractivity contribution in [1.82, 2.24) is 0 Å². The van der Waals surface area contributed by atoms with Crippen molar-refractivity contribution in [2.75, 3.05) is 5.73 Å². The molecule has 3 nitrogen and oxygen atoms in total. The molecule has 0 saturated carbocycles. The minimum Gasteiger partial charge on any atom is -0.477 e. The number of benzene rings is 1. The zero-order chi connectivity index (χ0) is 13.4. The zero-order valence-electron chi connectivity index (χ0n) is 9.33. The van der Waals surface area contributed by atoms with E-state index in [4.69, 9.17) is 10.8 Å². The van der Waals surface area contributed by atoms with Crippen LogP contribution < -0.4 is 5.73 Å². The highest BCUT2D eigenvalue weighted by Crippen LogP contribution is 2.39. The maximum Gasteiger partial charge on any atom is 0.348 e. The highest BCUT2D eigenvalue weighted by molar-refractivity contribution is 9.10. The monoisotopic (exact) mass is 329 g/mol. The van der Waals surface area contributed by atoms with Gasteiger partial charge in [0, 0.05) is 14.9 Å². The summed E-state index contributed by atoms with van der Waals surface area (Å²) < 4.78 is 14.5. The first-order chi connectivity index (χ1) is 8.41. The van der Waals surface area contributed by atoms with Gasteiger partial charge in [0.25, 0.3) is 0 Å². The molecule has 0 atom stereocenters. The van der Waals surface area contributed by atoms with E-state index in [1.165, 1.54) is 6.07 Å². The van der Waals surface area contributed by atoms with Crippen LogP contribution in [0.5, 0.6) is 0 Å². The molecule has 1 aromatic carbocycles. The van der Waals surface area contributed by atoms with Gasteiger partial charge in [-0.05, 0) is 30.7 Å². The third-order valence-corrected chi connectivity index (χ3v) is 4.39. The number of carboxylic acids is 1. The molecule has 1 heterocycles. The molecule has 1 aromatic heterocycles. The smallest absolute Gasteiger partial charge is 0.348 e. The molecule has 94 valence electrons. The highest BCUT2D eigenvalue weighted by Gasteiger charge is 2.20. The topological polar surface area (TPSA) is 63.3 Å². The number of hydrogen-bond donors (Lipinski definition) is 2. The fraction of sp³-hybridized carbons (Fsp3) is 0.0833. The first kappa shape index (κ1) is 13.0. The number of nitrogen functional groups attached to an aromatic ring is 1. The van der Waals surface area contributed by atoms with Crippen molar-refractivity contribution in [2.24, 2.45) is 0 Å². The molecule has 0 aliphatic carbocycles. The van der Waals surface area contributed by atoms with Crippen LogP contribution in [0.15, 0.2) is 22.7 Å². The SMILES string of the molecule is Cc1c(-c2ccc(Br)cc2F)sc(C(=O)O)c1N. The fourth-order valence-electron chi connectivity index (χ4n) is 1.62. The first-order valence-corrected chi connectivity index (χ1v) is 6.60. The number of anilines is 1. The molecule has 0 spiro atoms. The molecular formula is C12H9BrFNO2S. The van der Waals surface area contributed by atoms with E-state index >= 15 is 0 Å². The van der Waals surface area contributed by atoms with Gasteiger partial charge in [-0.2, -0.15) is 0 Å². The second-order valence-electron chi connectivity index (χ2n) is 3.73. The lowest BCUT2D eigenvalue weighted by atomic mass is 10.1. The lowest BCUT2D eigenvalue weighted by Gasteiger charge is -2.02. The molecule has 0 amide bonds. The third kappa shape index (κ3) is 2.13. The van der Waals surface area contributed by atoms with Crippen molar-refractivity contribution >= 4 is 38.9 Å². The quantitative estimate of drug-likeness (QED) is 0.878. The Morgan fingerprint density at radius 1 is 1.50 bits per heavy atom. The van der Waals surface area contributed by atoms with Crippen LogP contribution in [0.4, 0.5) is 10.1 Å². The van der Waals surface area contributed by atoms with Crippen LogP contribution in [0.2, 0.25) is 0 Å². The number of hydrogen-bond acceptors (Lipinski definition) is 3. The second-order valence-corrected chi connectivity index (χ2v) is 5.66. The van der Waals surface area contributed by atoms with E-state index in [0.717, 1.165) is 11.3 Å². The molecule has 0 aliphatic rings. The van der Waals surface area contributed by atoms with Crippen LogP contribution in [-0.4, -0.2) is 11.1 Å². The predicted molar refractivity (Wildman–Crippen MR) is 73.5 cm³/mol. The molecule has 0 bridgehead atoms. The summed E-state index contributed by atoms with van der Waals surface area (Å²) in [5.74, 6) is -1.50. The summed E-state index contributed by atoms with van der Waals surface area (Å²) in [7, 11) is 0. The molecule has 0 fully saturated rings.